The zero-order chi connectivity index (χ0) is 29.5. The summed E-state index contributed by atoms with van der Waals surface area (Å²) in [5.41, 5.74) is 4.13. The Morgan fingerprint density at radius 3 is 2.52 bits per heavy atom. The fraction of sp³-hybridized carbons (Fsp3) is 0.182. The standard InChI is InChI=1S/C33H27ClFN3O3S/c1-19(2)41-32(40)29-20(3)36-33-38(30(29)22-10-12-24(34)13-11-22)31(39)28(42-33)16-23-18-37(27-7-5-4-6-26(23)27)17-21-8-14-25(35)15-9-21/h4-16,18-19,30H,17H2,1-3H3/b28-16+/t30-/m1/s1. The molecule has 1 atom stereocenters. The van der Waals surface area contributed by atoms with E-state index in [1.807, 2.05) is 48.7 Å². The van der Waals surface area contributed by atoms with Crippen LogP contribution >= 0.6 is 22.9 Å². The number of nitrogens with zero attached hydrogens (tertiary/aromatic N) is 3. The number of halogens is 2. The van der Waals surface area contributed by atoms with E-state index in [-0.39, 0.29) is 17.5 Å². The first-order chi connectivity index (χ1) is 20.2. The van der Waals surface area contributed by atoms with Gasteiger partial charge in [-0.1, -0.05) is 65.4 Å². The summed E-state index contributed by atoms with van der Waals surface area (Å²) >= 11 is 7.45. The number of carbonyl (C=O) groups excluding carboxylic acids is 1. The molecule has 6 rings (SSSR count). The number of thiazole rings is 1. The maximum Gasteiger partial charge on any atom is 0.338 e. The number of hydrogen-bond acceptors (Lipinski definition) is 5. The van der Waals surface area contributed by atoms with Crippen LogP contribution in [0.1, 0.15) is 43.5 Å². The molecule has 0 N–H and O–H groups in total. The molecule has 0 spiro atoms. The highest BCUT2D eigenvalue weighted by atomic mass is 35.5. The van der Waals surface area contributed by atoms with Gasteiger partial charge in [0.15, 0.2) is 4.80 Å². The smallest absolute Gasteiger partial charge is 0.338 e. The van der Waals surface area contributed by atoms with E-state index in [1.165, 1.54) is 23.5 Å². The van der Waals surface area contributed by atoms with Crippen LogP contribution < -0.4 is 14.9 Å². The first-order valence-corrected chi connectivity index (χ1v) is 14.7. The lowest BCUT2D eigenvalue weighted by atomic mass is 9.96. The van der Waals surface area contributed by atoms with Crippen molar-refractivity contribution < 1.29 is 13.9 Å². The van der Waals surface area contributed by atoms with Crippen molar-refractivity contribution in [3.05, 3.63) is 137 Å². The van der Waals surface area contributed by atoms with E-state index in [1.54, 1.807) is 49.6 Å². The molecule has 1 aliphatic rings. The van der Waals surface area contributed by atoms with Gasteiger partial charge in [0.1, 0.15) is 5.82 Å². The van der Waals surface area contributed by atoms with E-state index in [2.05, 4.69) is 9.56 Å². The molecule has 0 saturated carbocycles. The van der Waals surface area contributed by atoms with Gasteiger partial charge in [-0.25, -0.2) is 14.2 Å². The number of aromatic nitrogens is 2. The normalized spacial score (nSPS) is 15.3. The second-order valence-electron chi connectivity index (χ2n) is 10.4. The molecule has 2 aromatic heterocycles. The number of ether oxygens (including phenoxy) is 1. The SMILES string of the molecule is CC1=C(C(=O)OC(C)C)[C@@H](c2ccc(Cl)cc2)n2c(s/c(=C/c3cn(Cc4ccc(F)cc4)c4ccccc34)c2=O)=N1. The van der Waals surface area contributed by atoms with Crippen molar-refractivity contribution in [2.24, 2.45) is 4.99 Å². The van der Waals surface area contributed by atoms with Crippen LogP contribution in [0, 0.1) is 5.82 Å². The first kappa shape index (κ1) is 27.9. The van der Waals surface area contributed by atoms with Gasteiger partial charge < -0.3 is 9.30 Å². The van der Waals surface area contributed by atoms with Crippen LogP contribution in [-0.2, 0) is 16.1 Å². The number of benzene rings is 3. The Bertz CT molecular complexity index is 2040. The monoisotopic (exact) mass is 599 g/mol. The lowest BCUT2D eigenvalue weighted by Crippen LogP contribution is -2.40. The van der Waals surface area contributed by atoms with E-state index >= 15 is 0 Å². The number of rotatable bonds is 6. The van der Waals surface area contributed by atoms with Crippen LogP contribution in [-0.4, -0.2) is 21.2 Å². The van der Waals surface area contributed by atoms with Gasteiger partial charge >= 0.3 is 5.97 Å². The summed E-state index contributed by atoms with van der Waals surface area (Å²) in [5, 5.41) is 1.53. The van der Waals surface area contributed by atoms with E-state index in [0.29, 0.717) is 32.2 Å². The predicted molar refractivity (Wildman–Crippen MR) is 164 cm³/mol. The highest BCUT2D eigenvalue weighted by molar-refractivity contribution is 7.07. The lowest BCUT2D eigenvalue weighted by molar-refractivity contribution is -0.143. The third-order valence-electron chi connectivity index (χ3n) is 7.14. The van der Waals surface area contributed by atoms with Gasteiger partial charge in [-0.15, -0.1) is 0 Å². The Labute approximate surface area is 250 Å². The van der Waals surface area contributed by atoms with Gasteiger partial charge in [0, 0.05) is 34.2 Å². The van der Waals surface area contributed by atoms with Crippen LogP contribution in [0.3, 0.4) is 0 Å². The number of allylic oxidation sites excluding steroid dienone is 1. The van der Waals surface area contributed by atoms with E-state index in [9.17, 15) is 14.0 Å². The minimum absolute atomic E-state index is 0.253. The molecule has 6 nitrogen and oxygen atoms in total. The number of fused-ring (bicyclic) bond motifs is 2. The van der Waals surface area contributed by atoms with Crippen LogP contribution in [0.25, 0.3) is 17.0 Å². The number of hydrogen-bond donors (Lipinski definition) is 0. The number of esters is 1. The Morgan fingerprint density at radius 1 is 1.10 bits per heavy atom. The zero-order valence-electron chi connectivity index (χ0n) is 23.2. The molecule has 5 aromatic rings. The molecule has 0 fully saturated rings. The third kappa shape index (κ3) is 5.24. The second-order valence-corrected chi connectivity index (χ2v) is 11.9. The fourth-order valence-corrected chi connectivity index (χ4v) is 6.43. The highest BCUT2D eigenvalue weighted by Gasteiger charge is 2.33. The summed E-state index contributed by atoms with van der Waals surface area (Å²) in [7, 11) is 0. The molecule has 1 aliphatic heterocycles. The Kier molecular flexibility index (Phi) is 7.43. The van der Waals surface area contributed by atoms with Gasteiger partial charge in [0.2, 0.25) is 0 Å². The molecule has 0 bridgehead atoms. The lowest BCUT2D eigenvalue weighted by Gasteiger charge is -2.25. The second kappa shape index (κ2) is 11.2. The molecule has 0 amide bonds. The quantitative estimate of drug-likeness (QED) is 0.226. The van der Waals surface area contributed by atoms with Crippen LogP contribution in [0.15, 0.2) is 100 Å². The van der Waals surface area contributed by atoms with Crippen molar-refractivity contribution in [2.75, 3.05) is 0 Å². The summed E-state index contributed by atoms with van der Waals surface area (Å²) < 4.78 is 23.2. The molecule has 42 heavy (non-hydrogen) atoms. The molecule has 212 valence electrons. The molecule has 3 heterocycles. The predicted octanol–water partition coefficient (Wildman–Crippen LogP) is 5.98. The van der Waals surface area contributed by atoms with Crippen LogP contribution in [0.2, 0.25) is 5.02 Å². The van der Waals surface area contributed by atoms with E-state index in [0.717, 1.165) is 27.6 Å². The maximum atomic E-state index is 14.1. The highest BCUT2D eigenvalue weighted by Crippen LogP contribution is 2.32. The van der Waals surface area contributed by atoms with Gasteiger partial charge in [-0.05, 0) is 68.3 Å². The minimum Gasteiger partial charge on any atom is -0.459 e. The first-order valence-electron chi connectivity index (χ1n) is 13.5. The van der Waals surface area contributed by atoms with Crippen molar-refractivity contribution in [3.8, 4) is 0 Å². The minimum atomic E-state index is -0.716. The zero-order valence-corrected chi connectivity index (χ0v) is 24.7. The Hall–Kier alpha value is -4.27. The van der Waals surface area contributed by atoms with Crippen molar-refractivity contribution in [2.45, 2.75) is 39.5 Å². The number of carbonyl (C=O) groups is 1. The maximum absolute atomic E-state index is 14.1. The summed E-state index contributed by atoms with van der Waals surface area (Å²) in [4.78, 5) is 32.5. The molecular formula is C33H27ClFN3O3S. The van der Waals surface area contributed by atoms with Crippen LogP contribution in [0.5, 0.6) is 0 Å². The largest absolute Gasteiger partial charge is 0.459 e. The van der Waals surface area contributed by atoms with Gasteiger partial charge in [-0.2, -0.15) is 0 Å². The van der Waals surface area contributed by atoms with Gasteiger partial charge in [0.05, 0.1) is 27.9 Å². The molecule has 3 aromatic carbocycles. The van der Waals surface area contributed by atoms with Crippen molar-refractivity contribution >= 4 is 45.9 Å². The number of para-hydroxylation sites is 1. The average Bonchev–Trinajstić information content (AvgIpc) is 3.45. The average molecular weight is 600 g/mol. The van der Waals surface area contributed by atoms with Gasteiger partial charge in [-0.3, -0.25) is 9.36 Å². The van der Waals surface area contributed by atoms with E-state index in [4.69, 9.17) is 16.3 Å². The molecular weight excluding hydrogens is 573 g/mol. The summed E-state index contributed by atoms with van der Waals surface area (Å²) in [5.74, 6) is -0.788. The summed E-state index contributed by atoms with van der Waals surface area (Å²) in [6.45, 7) is 5.88. The Balaban J connectivity index is 1.50. The topological polar surface area (TPSA) is 65.6 Å². The van der Waals surface area contributed by atoms with Crippen molar-refractivity contribution in [1.82, 2.24) is 9.13 Å². The van der Waals surface area contributed by atoms with E-state index < -0.39 is 12.0 Å². The molecule has 0 saturated heterocycles. The van der Waals surface area contributed by atoms with Crippen molar-refractivity contribution in [1.29, 1.82) is 0 Å². The third-order valence-corrected chi connectivity index (χ3v) is 8.38. The van der Waals surface area contributed by atoms with Crippen molar-refractivity contribution in [3.63, 3.8) is 0 Å². The summed E-state index contributed by atoms with van der Waals surface area (Å²) in [6.07, 6.45) is 3.54. The molecule has 0 aliphatic carbocycles. The van der Waals surface area contributed by atoms with Crippen LogP contribution in [0.4, 0.5) is 4.39 Å². The fourth-order valence-electron chi connectivity index (χ4n) is 5.27. The van der Waals surface area contributed by atoms with Gasteiger partial charge in [0.25, 0.3) is 5.56 Å². The molecule has 0 unspecified atom stereocenters. The molecule has 0 radical (unpaired) electrons. The molecule has 9 heteroatoms. The Morgan fingerprint density at radius 2 is 1.81 bits per heavy atom. The summed E-state index contributed by atoms with van der Waals surface area (Å²) in [6, 6.07) is 20.8.